The van der Waals surface area contributed by atoms with Crippen LogP contribution in [0.1, 0.15) is 56.3 Å². The molecule has 0 radical (unpaired) electrons. The average molecular weight is 369 g/mol. The van der Waals surface area contributed by atoms with Crippen molar-refractivity contribution in [3.05, 3.63) is 83.4 Å². The van der Waals surface area contributed by atoms with Crippen molar-refractivity contribution in [1.82, 2.24) is 9.97 Å². The van der Waals surface area contributed by atoms with Crippen molar-refractivity contribution in [3.63, 3.8) is 0 Å². The predicted octanol–water partition coefficient (Wildman–Crippen LogP) is 6.74. The molecule has 0 N–H and O–H groups in total. The SMILES string of the molecule is Cc1cc2c(C(C)C)cccc2c(CC(C)(C)c2nccc3ccccc23)n1. The van der Waals surface area contributed by atoms with E-state index in [-0.39, 0.29) is 5.41 Å². The van der Waals surface area contributed by atoms with Crippen molar-refractivity contribution in [2.24, 2.45) is 0 Å². The molecule has 0 unspecified atom stereocenters. The largest absolute Gasteiger partial charge is 0.260 e. The van der Waals surface area contributed by atoms with Crippen LogP contribution in [-0.4, -0.2) is 9.97 Å². The number of fused-ring (bicyclic) bond motifs is 2. The van der Waals surface area contributed by atoms with Gasteiger partial charge in [-0.2, -0.15) is 0 Å². The molecule has 0 amide bonds. The highest BCUT2D eigenvalue weighted by atomic mass is 14.7. The van der Waals surface area contributed by atoms with Gasteiger partial charge in [-0.1, -0.05) is 70.2 Å². The number of rotatable bonds is 4. The molecule has 0 aliphatic heterocycles. The van der Waals surface area contributed by atoms with Gasteiger partial charge in [0.25, 0.3) is 0 Å². The second kappa shape index (κ2) is 7.01. The molecule has 0 spiro atoms. The fraction of sp³-hybridized carbons (Fsp3) is 0.308. The first-order valence-electron chi connectivity index (χ1n) is 10.1. The van der Waals surface area contributed by atoms with E-state index in [0.29, 0.717) is 5.92 Å². The summed E-state index contributed by atoms with van der Waals surface area (Å²) in [7, 11) is 0. The zero-order chi connectivity index (χ0) is 19.9. The Morgan fingerprint density at radius 2 is 1.64 bits per heavy atom. The maximum absolute atomic E-state index is 4.96. The Morgan fingerprint density at radius 3 is 2.43 bits per heavy atom. The summed E-state index contributed by atoms with van der Waals surface area (Å²) >= 11 is 0. The molecule has 4 aromatic rings. The highest BCUT2D eigenvalue weighted by Crippen LogP contribution is 2.34. The molecule has 2 aromatic carbocycles. The van der Waals surface area contributed by atoms with Crippen LogP contribution in [0.4, 0.5) is 0 Å². The van der Waals surface area contributed by atoms with E-state index in [1.54, 1.807) is 0 Å². The van der Waals surface area contributed by atoms with E-state index in [4.69, 9.17) is 9.97 Å². The summed E-state index contributed by atoms with van der Waals surface area (Å²) in [6.07, 6.45) is 2.78. The molecular weight excluding hydrogens is 340 g/mol. The minimum absolute atomic E-state index is 0.123. The summed E-state index contributed by atoms with van der Waals surface area (Å²) < 4.78 is 0. The zero-order valence-corrected chi connectivity index (χ0v) is 17.5. The third-order valence-electron chi connectivity index (χ3n) is 5.66. The van der Waals surface area contributed by atoms with E-state index in [1.165, 1.54) is 27.1 Å². The van der Waals surface area contributed by atoms with Crippen LogP contribution >= 0.6 is 0 Å². The van der Waals surface area contributed by atoms with Gasteiger partial charge < -0.3 is 0 Å². The fourth-order valence-corrected chi connectivity index (χ4v) is 4.31. The summed E-state index contributed by atoms with van der Waals surface area (Å²) in [5, 5.41) is 5.08. The smallest absolute Gasteiger partial charge is 0.0541 e. The molecule has 2 nitrogen and oxygen atoms in total. The van der Waals surface area contributed by atoms with E-state index >= 15 is 0 Å². The molecule has 4 rings (SSSR count). The Balaban J connectivity index is 1.86. The number of pyridine rings is 2. The van der Waals surface area contributed by atoms with Gasteiger partial charge in [-0.05, 0) is 41.3 Å². The van der Waals surface area contributed by atoms with Gasteiger partial charge in [0.05, 0.1) is 5.69 Å². The molecule has 0 saturated heterocycles. The van der Waals surface area contributed by atoms with Crippen LogP contribution in [0.15, 0.2) is 60.8 Å². The van der Waals surface area contributed by atoms with Crippen LogP contribution in [0.2, 0.25) is 0 Å². The Kier molecular flexibility index (Phi) is 4.66. The summed E-state index contributed by atoms with van der Waals surface area (Å²) in [5.74, 6) is 0.492. The molecule has 2 heterocycles. The summed E-state index contributed by atoms with van der Waals surface area (Å²) in [4.78, 5) is 9.76. The van der Waals surface area contributed by atoms with Crippen molar-refractivity contribution in [2.45, 2.75) is 52.4 Å². The number of benzene rings is 2. The zero-order valence-electron chi connectivity index (χ0n) is 17.5. The second-order valence-electron chi connectivity index (χ2n) is 8.75. The molecule has 0 bridgehead atoms. The first-order valence-corrected chi connectivity index (χ1v) is 10.1. The number of nitrogens with zero attached hydrogens (tertiary/aromatic N) is 2. The third-order valence-corrected chi connectivity index (χ3v) is 5.66. The van der Waals surface area contributed by atoms with E-state index in [9.17, 15) is 0 Å². The predicted molar refractivity (Wildman–Crippen MR) is 119 cm³/mol. The molecule has 0 atom stereocenters. The molecule has 142 valence electrons. The van der Waals surface area contributed by atoms with Crippen molar-refractivity contribution < 1.29 is 0 Å². The molecule has 0 aliphatic carbocycles. The Morgan fingerprint density at radius 1 is 0.893 bits per heavy atom. The lowest BCUT2D eigenvalue weighted by Crippen LogP contribution is -2.23. The summed E-state index contributed by atoms with van der Waals surface area (Å²) in [5.41, 5.74) is 4.66. The Labute approximate surface area is 167 Å². The molecule has 0 fully saturated rings. The quantitative estimate of drug-likeness (QED) is 0.399. The van der Waals surface area contributed by atoms with E-state index in [0.717, 1.165) is 23.5 Å². The van der Waals surface area contributed by atoms with Gasteiger partial charge >= 0.3 is 0 Å². The lowest BCUT2D eigenvalue weighted by Gasteiger charge is -2.26. The van der Waals surface area contributed by atoms with Gasteiger partial charge in [-0.25, -0.2) is 0 Å². The Bertz CT molecular complexity index is 1150. The second-order valence-corrected chi connectivity index (χ2v) is 8.75. The lowest BCUT2D eigenvalue weighted by atomic mass is 9.80. The standard InChI is InChI=1S/C26H28N2/c1-17(2)20-11-8-12-22-23(20)15-18(3)28-24(22)16-26(4,5)25-21-10-7-6-9-19(21)13-14-27-25/h6-15,17H,16H2,1-5H3. The highest BCUT2D eigenvalue weighted by molar-refractivity contribution is 5.89. The monoisotopic (exact) mass is 368 g/mol. The van der Waals surface area contributed by atoms with Crippen molar-refractivity contribution in [2.75, 3.05) is 0 Å². The number of aryl methyl sites for hydroxylation is 1. The number of hydrogen-bond acceptors (Lipinski definition) is 2. The van der Waals surface area contributed by atoms with Gasteiger partial charge in [0.15, 0.2) is 0 Å². The van der Waals surface area contributed by atoms with Crippen LogP contribution in [0.5, 0.6) is 0 Å². The first-order chi connectivity index (χ1) is 13.4. The third kappa shape index (κ3) is 3.28. The van der Waals surface area contributed by atoms with Crippen molar-refractivity contribution >= 4 is 21.5 Å². The minimum Gasteiger partial charge on any atom is -0.260 e. The fourth-order valence-electron chi connectivity index (χ4n) is 4.31. The maximum atomic E-state index is 4.96. The Hall–Kier alpha value is -2.74. The van der Waals surface area contributed by atoms with E-state index in [2.05, 4.69) is 89.2 Å². The van der Waals surface area contributed by atoms with Crippen molar-refractivity contribution in [1.29, 1.82) is 0 Å². The molecule has 2 aromatic heterocycles. The van der Waals surface area contributed by atoms with Crippen molar-refractivity contribution in [3.8, 4) is 0 Å². The van der Waals surface area contributed by atoms with E-state index < -0.39 is 0 Å². The average Bonchev–Trinajstić information content (AvgIpc) is 2.66. The number of hydrogen-bond donors (Lipinski definition) is 0. The van der Waals surface area contributed by atoms with Gasteiger partial charge in [0.1, 0.15) is 0 Å². The van der Waals surface area contributed by atoms with Crippen LogP contribution in [-0.2, 0) is 11.8 Å². The maximum Gasteiger partial charge on any atom is 0.0541 e. The van der Waals surface area contributed by atoms with Crippen LogP contribution in [0, 0.1) is 6.92 Å². The lowest BCUT2D eigenvalue weighted by molar-refractivity contribution is 0.506. The van der Waals surface area contributed by atoms with Gasteiger partial charge in [0.2, 0.25) is 0 Å². The molecule has 0 saturated carbocycles. The highest BCUT2D eigenvalue weighted by Gasteiger charge is 2.27. The molecular formula is C26H28N2. The van der Waals surface area contributed by atoms with Crippen LogP contribution in [0.3, 0.4) is 0 Å². The minimum atomic E-state index is -0.123. The molecule has 0 aliphatic rings. The van der Waals surface area contributed by atoms with Crippen LogP contribution < -0.4 is 0 Å². The summed E-state index contributed by atoms with van der Waals surface area (Å²) in [6.45, 7) is 11.2. The number of aromatic nitrogens is 2. The van der Waals surface area contributed by atoms with Gasteiger partial charge in [0, 0.05) is 40.2 Å². The topological polar surface area (TPSA) is 25.8 Å². The molecule has 2 heteroatoms. The molecule has 28 heavy (non-hydrogen) atoms. The normalized spacial score (nSPS) is 12.2. The van der Waals surface area contributed by atoms with Gasteiger partial charge in [-0.3, -0.25) is 9.97 Å². The first kappa shape index (κ1) is 18.6. The van der Waals surface area contributed by atoms with Gasteiger partial charge in [-0.15, -0.1) is 0 Å². The summed E-state index contributed by atoms with van der Waals surface area (Å²) in [6, 6.07) is 19.5. The van der Waals surface area contributed by atoms with Crippen LogP contribution in [0.25, 0.3) is 21.5 Å². The van der Waals surface area contributed by atoms with E-state index in [1.807, 2.05) is 6.20 Å².